The summed E-state index contributed by atoms with van der Waals surface area (Å²) in [6.45, 7) is 11.2. The van der Waals surface area contributed by atoms with Gasteiger partial charge in [-0.3, -0.25) is 0 Å². The van der Waals surface area contributed by atoms with E-state index in [-0.39, 0.29) is 0 Å². The van der Waals surface area contributed by atoms with Gasteiger partial charge in [-0.1, -0.05) is 19.9 Å². The second-order valence-electron chi connectivity index (χ2n) is 2.99. The Hall–Kier alpha value is -0.340. The number of hydrogen-bond donors (Lipinski definition) is 0. The van der Waals surface area contributed by atoms with Gasteiger partial charge in [-0.05, 0) is 26.3 Å². The van der Waals surface area contributed by atoms with Gasteiger partial charge in [0.15, 0.2) is 5.79 Å². The Labute approximate surface area is 81.9 Å². The highest BCUT2D eigenvalue weighted by atomic mass is 16.7. The molecule has 0 atom stereocenters. The summed E-state index contributed by atoms with van der Waals surface area (Å²) >= 11 is 0. The summed E-state index contributed by atoms with van der Waals surface area (Å²) in [6, 6.07) is 0. The van der Waals surface area contributed by atoms with Gasteiger partial charge < -0.3 is 9.47 Å². The van der Waals surface area contributed by atoms with Crippen LogP contribution in [-0.2, 0) is 9.47 Å². The van der Waals surface area contributed by atoms with Gasteiger partial charge in [-0.15, -0.1) is 0 Å². The third kappa shape index (κ3) is 4.44. The van der Waals surface area contributed by atoms with Crippen LogP contribution >= 0.6 is 0 Å². The maximum atomic E-state index is 5.58. The minimum absolute atomic E-state index is 0.542. The molecule has 0 spiro atoms. The molecule has 0 aromatic carbocycles. The van der Waals surface area contributed by atoms with Gasteiger partial charge >= 0.3 is 0 Å². The van der Waals surface area contributed by atoms with E-state index in [1.807, 2.05) is 13.8 Å². The van der Waals surface area contributed by atoms with E-state index >= 15 is 0 Å². The molecular weight excluding hydrogens is 164 g/mol. The lowest BCUT2D eigenvalue weighted by atomic mass is 10.1. The molecule has 0 aromatic rings. The Morgan fingerprint density at radius 1 is 1.15 bits per heavy atom. The van der Waals surface area contributed by atoms with E-state index in [9.17, 15) is 0 Å². The molecule has 0 aliphatic rings. The van der Waals surface area contributed by atoms with Crippen molar-refractivity contribution in [3.8, 4) is 0 Å². The molecule has 0 heterocycles. The smallest absolute Gasteiger partial charge is 0.187 e. The maximum absolute atomic E-state index is 5.58. The van der Waals surface area contributed by atoms with Crippen molar-refractivity contribution in [2.45, 2.75) is 45.8 Å². The molecular formula is C11H22O2. The van der Waals surface area contributed by atoms with E-state index in [0.29, 0.717) is 13.2 Å². The fourth-order valence-corrected chi connectivity index (χ4v) is 1.32. The van der Waals surface area contributed by atoms with Crippen molar-refractivity contribution in [3.05, 3.63) is 12.7 Å². The molecule has 0 aliphatic heterocycles. The van der Waals surface area contributed by atoms with Gasteiger partial charge in [0.05, 0.1) is 0 Å². The molecule has 0 rings (SSSR count). The molecule has 0 bridgehead atoms. The van der Waals surface area contributed by atoms with Crippen LogP contribution in [0.25, 0.3) is 0 Å². The van der Waals surface area contributed by atoms with Crippen molar-refractivity contribution in [1.82, 2.24) is 0 Å². The lowest BCUT2D eigenvalue weighted by Gasteiger charge is -2.29. The first kappa shape index (κ1) is 12.7. The Morgan fingerprint density at radius 3 is 2.00 bits per heavy atom. The van der Waals surface area contributed by atoms with E-state index in [0.717, 1.165) is 19.3 Å². The molecule has 0 aliphatic carbocycles. The third-order valence-corrected chi connectivity index (χ3v) is 1.97. The summed E-state index contributed by atoms with van der Waals surface area (Å²) in [7, 11) is 0. The lowest BCUT2D eigenvalue weighted by Crippen LogP contribution is -2.33. The third-order valence-electron chi connectivity index (χ3n) is 1.97. The average Bonchev–Trinajstić information content (AvgIpc) is 2.15. The molecule has 0 amide bonds. The minimum atomic E-state index is -0.542. The molecule has 13 heavy (non-hydrogen) atoms. The standard InChI is InChI=1S/C11H22O2/c1-5-9-10-11(6-2,12-7-3)13-8-4/h6H,2,5,7-10H2,1,3-4H3. The minimum Gasteiger partial charge on any atom is -0.347 e. The predicted molar refractivity (Wildman–Crippen MR) is 55.7 cm³/mol. The molecule has 0 aromatic heterocycles. The topological polar surface area (TPSA) is 18.5 Å². The monoisotopic (exact) mass is 186 g/mol. The molecule has 0 unspecified atom stereocenters. The van der Waals surface area contributed by atoms with Gasteiger partial charge in [0.2, 0.25) is 0 Å². The first-order valence-electron chi connectivity index (χ1n) is 5.16. The Kier molecular flexibility index (Phi) is 6.92. The zero-order chi connectivity index (χ0) is 10.2. The molecule has 2 nitrogen and oxygen atoms in total. The zero-order valence-electron chi connectivity index (χ0n) is 9.14. The SMILES string of the molecule is C=CC(CCCC)(OCC)OCC. The van der Waals surface area contributed by atoms with Crippen LogP contribution in [0.5, 0.6) is 0 Å². The van der Waals surface area contributed by atoms with Crippen LogP contribution in [0.3, 0.4) is 0 Å². The van der Waals surface area contributed by atoms with Crippen LogP contribution in [0.4, 0.5) is 0 Å². The van der Waals surface area contributed by atoms with Crippen molar-refractivity contribution < 1.29 is 9.47 Å². The molecule has 0 radical (unpaired) electrons. The molecule has 78 valence electrons. The summed E-state index contributed by atoms with van der Waals surface area (Å²) in [6.07, 6.45) is 4.92. The summed E-state index contributed by atoms with van der Waals surface area (Å²) in [4.78, 5) is 0. The molecule has 0 N–H and O–H groups in total. The Bertz CT molecular complexity index is 126. The first-order chi connectivity index (χ1) is 6.24. The van der Waals surface area contributed by atoms with Gasteiger partial charge in [-0.25, -0.2) is 0 Å². The Morgan fingerprint density at radius 2 is 1.69 bits per heavy atom. The van der Waals surface area contributed by atoms with Gasteiger partial charge in [-0.2, -0.15) is 0 Å². The van der Waals surface area contributed by atoms with Crippen LogP contribution in [-0.4, -0.2) is 19.0 Å². The number of ether oxygens (including phenoxy) is 2. The largest absolute Gasteiger partial charge is 0.347 e. The quantitative estimate of drug-likeness (QED) is 0.428. The average molecular weight is 186 g/mol. The fraction of sp³-hybridized carbons (Fsp3) is 0.818. The van der Waals surface area contributed by atoms with Gasteiger partial charge in [0.25, 0.3) is 0 Å². The summed E-state index contributed by atoms with van der Waals surface area (Å²) in [5.74, 6) is -0.542. The van der Waals surface area contributed by atoms with E-state index in [2.05, 4.69) is 13.5 Å². The van der Waals surface area contributed by atoms with Crippen LogP contribution in [0.15, 0.2) is 12.7 Å². The van der Waals surface area contributed by atoms with Gasteiger partial charge in [0, 0.05) is 19.6 Å². The lowest BCUT2D eigenvalue weighted by molar-refractivity contribution is -0.203. The predicted octanol–water partition coefficient (Wildman–Crippen LogP) is 3.13. The number of rotatable bonds is 8. The number of unbranched alkanes of at least 4 members (excludes halogenated alkanes) is 1. The van der Waals surface area contributed by atoms with Crippen molar-refractivity contribution in [3.63, 3.8) is 0 Å². The highest BCUT2D eigenvalue weighted by Gasteiger charge is 2.26. The van der Waals surface area contributed by atoms with Crippen LogP contribution in [0, 0.1) is 0 Å². The molecule has 0 fully saturated rings. The van der Waals surface area contributed by atoms with Crippen LogP contribution < -0.4 is 0 Å². The van der Waals surface area contributed by atoms with Crippen LogP contribution in [0.2, 0.25) is 0 Å². The van der Waals surface area contributed by atoms with E-state index in [1.165, 1.54) is 0 Å². The van der Waals surface area contributed by atoms with E-state index in [1.54, 1.807) is 6.08 Å². The first-order valence-corrected chi connectivity index (χ1v) is 5.16. The molecule has 0 saturated carbocycles. The second-order valence-corrected chi connectivity index (χ2v) is 2.99. The molecule has 0 saturated heterocycles. The van der Waals surface area contributed by atoms with E-state index < -0.39 is 5.79 Å². The fourth-order valence-electron chi connectivity index (χ4n) is 1.32. The van der Waals surface area contributed by atoms with Crippen molar-refractivity contribution in [1.29, 1.82) is 0 Å². The normalized spacial score (nSPS) is 11.6. The summed E-state index contributed by atoms with van der Waals surface area (Å²) in [5, 5.41) is 0. The summed E-state index contributed by atoms with van der Waals surface area (Å²) in [5.41, 5.74) is 0. The summed E-state index contributed by atoms with van der Waals surface area (Å²) < 4.78 is 11.2. The van der Waals surface area contributed by atoms with Crippen molar-refractivity contribution in [2.75, 3.05) is 13.2 Å². The molecule has 2 heteroatoms. The zero-order valence-corrected chi connectivity index (χ0v) is 9.14. The van der Waals surface area contributed by atoms with Crippen molar-refractivity contribution >= 4 is 0 Å². The Balaban J connectivity index is 4.16. The maximum Gasteiger partial charge on any atom is 0.187 e. The highest BCUT2D eigenvalue weighted by molar-refractivity contribution is 4.89. The van der Waals surface area contributed by atoms with Gasteiger partial charge in [0.1, 0.15) is 0 Å². The van der Waals surface area contributed by atoms with E-state index in [4.69, 9.17) is 9.47 Å². The van der Waals surface area contributed by atoms with Crippen molar-refractivity contribution in [2.24, 2.45) is 0 Å². The van der Waals surface area contributed by atoms with Crippen LogP contribution in [0.1, 0.15) is 40.0 Å². The second kappa shape index (κ2) is 7.10. The number of hydrogen-bond acceptors (Lipinski definition) is 2. The highest BCUT2D eigenvalue weighted by Crippen LogP contribution is 2.22.